The molecule has 5 heteroatoms. The molecule has 0 aliphatic carbocycles. The Morgan fingerprint density at radius 2 is 0.821 bits per heavy atom. The Kier molecular flexibility index (Phi) is 7.64. The molecule has 0 radical (unpaired) electrons. The number of nitrogens with zero attached hydrogens (tertiary/aromatic N) is 4. The summed E-state index contributed by atoms with van der Waals surface area (Å²) >= 11 is 1.80. The Hall–Kier alpha value is -7.21. The van der Waals surface area contributed by atoms with Crippen LogP contribution in [-0.4, -0.2) is 19.5 Å². The number of hydrogen-bond acceptors (Lipinski definition) is 4. The summed E-state index contributed by atoms with van der Waals surface area (Å²) in [4.78, 5) is 15.1. The minimum absolute atomic E-state index is 0.649. The van der Waals surface area contributed by atoms with Crippen molar-refractivity contribution in [3.05, 3.63) is 194 Å². The minimum Gasteiger partial charge on any atom is -0.309 e. The average molecular weight is 733 g/mol. The fourth-order valence-corrected chi connectivity index (χ4v) is 9.10. The van der Waals surface area contributed by atoms with Crippen molar-refractivity contribution >= 4 is 53.3 Å². The molecule has 0 fully saturated rings. The van der Waals surface area contributed by atoms with Crippen molar-refractivity contribution in [2.75, 3.05) is 0 Å². The molecule has 0 atom stereocenters. The summed E-state index contributed by atoms with van der Waals surface area (Å²) in [5.41, 5.74) is 11.2. The Bertz CT molecular complexity index is 3180. The Balaban J connectivity index is 1.01. The smallest absolute Gasteiger partial charge is 0.164 e. The molecule has 0 amide bonds. The van der Waals surface area contributed by atoms with Gasteiger partial charge in [0.2, 0.25) is 0 Å². The van der Waals surface area contributed by atoms with Crippen LogP contribution in [0.3, 0.4) is 0 Å². The molecule has 0 saturated carbocycles. The largest absolute Gasteiger partial charge is 0.309 e. The average Bonchev–Trinajstić information content (AvgIpc) is 3.82. The lowest BCUT2D eigenvalue weighted by Gasteiger charge is -2.14. The highest BCUT2D eigenvalue weighted by Crippen LogP contribution is 2.41. The van der Waals surface area contributed by atoms with Crippen LogP contribution in [0, 0.1) is 0 Å². The molecule has 0 aliphatic heterocycles. The van der Waals surface area contributed by atoms with Crippen LogP contribution in [0.15, 0.2) is 194 Å². The second-order valence-electron chi connectivity index (χ2n) is 14.0. The van der Waals surface area contributed by atoms with Crippen molar-refractivity contribution in [3.63, 3.8) is 0 Å². The first kappa shape index (κ1) is 32.2. The highest BCUT2D eigenvalue weighted by molar-refractivity contribution is 7.25. The maximum Gasteiger partial charge on any atom is 0.164 e. The lowest BCUT2D eigenvalue weighted by atomic mass is 10.0. The third kappa shape index (κ3) is 5.48. The van der Waals surface area contributed by atoms with Gasteiger partial charge in [-0.25, -0.2) is 15.0 Å². The van der Waals surface area contributed by atoms with Gasteiger partial charge in [-0.05, 0) is 53.1 Å². The summed E-state index contributed by atoms with van der Waals surface area (Å²) in [6, 6.07) is 68.7. The van der Waals surface area contributed by atoms with Crippen molar-refractivity contribution in [2.45, 2.75) is 0 Å². The molecule has 0 aliphatic rings. The number of fused-ring (bicyclic) bond motifs is 6. The Labute approximate surface area is 327 Å². The first-order valence-corrected chi connectivity index (χ1v) is 19.6. The summed E-state index contributed by atoms with van der Waals surface area (Å²) < 4.78 is 4.85. The standard InChI is InChI=1S/C51H32N4S/c1-3-13-33(14-4-1)34-23-25-36(26-24-34)50-52-49(35-15-5-2-6-16-35)53-51(54-50)38-27-29-42-43-31-37(28-30-47(43)56-48(42)32-38)39-17-7-10-20-44(39)55-45-21-11-8-18-40(45)41-19-9-12-22-46(41)55/h1-32H. The van der Waals surface area contributed by atoms with Crippen molar-refractivity contribution in [3.8, 4) is 62.1 Å². The van der Waals surface area contributed by atoms with Crippen molar-refractivity contribution in [2.24, 2.45) is 0 Å². The van der Waals surface area contributed by atoms with Gasteiger partial charge in [0.15, 0.2) is 17.5 Å². The van der Waals surface area contributed by atoms with E-state index >= 15 is 0 Å². The van der Waals surface area contributed by atoms with E-state index in [1.807, 2.05) is 36.4 Å². The highest BCUT2D eigenvalue weighted by Gasteiger charge is 2.17. The van der Waals surface area contributed by atoms with E-state index in [4.69, 9.17) is 15.0 Å². The third-order valence-corrected chi connectivity index (χ3v) is 11.8. The number of thiophene rings is 1. The van der Waals surface area contributed by atoms with E-state index in [-0.39, 0.29) is 0 Å². The second kappa shape index (κ2) is 13.3. The van der Waals surface area contributed by atoms with Crippen LogP contribution in [0.4, 0.5) is 0 Å². The van der Waals surface area contributed by atoms with E-state index in [2.05, 4.69) is 162 Å². The summed E-state index contributed by atoms with van der Waals surface area (Å²) in [7, 11) is 0. The SMILES string of the molecule is c1ccc(-c2ccc(-c3nc(-c4ccccc4)nc(-c4ccc5c(c4)sc4ccc(-c6ccccc6-n6c7ccccc7c7ccccc76)cc45)n3)cc2)cc1. The van der Waals surface area contributed by atoms with Gasteiger partial charge >= 0.3 is 0 Å². The highest BCUT2D eigenvalue weighted by atomic mass is 32.1. The minimum atomic E-state index is 0.649. The number of rotatable bonds is 6. The van der Waals surface area contributed by atoms with E-state index in [9.17, 15) is 0 Å². The lowest BCUT2D eigenvalue weighted by Crippen LogP contribution is -2.00. The molecule has 0 unspecified atom stereocenters. The summed E-state index contributed by atoms with van der Waals surface area (Å²) in [5.74, 6) is 1.96. The zero-order valence-corrected chi connectivity index (χ0v) is 31.0. The fraction of sp³-hybridized carbons (Fsp3) is 0. The second-order valence-corrected chi connectivity index (χ2v) is 15.1. The monoisotopic (exact) mass is 732 g/mol. The molecule has 0 spiro atoms. The van der Waals surface area contributed by atoms with Crippen LogP contribution >= 0.6 is 11.3 Å². The Morgan fingerprint density at radius 1 is 0.321 bits per heavy atom. The summed E-state index contributed by atoms with van der Waals surface area (Å²) in [5, 5.41) is 4.98. The number of hydrogen-bond donors (Lipinski definition) is 0. The molecule has 3 heterocycles. The van der Waals surface area contributed by atoms with E-state index in [1.54, 1.807) is 11.3 Å². The maximum atomic E-state index is 5.07. The topological polar surface area (TPSA) is 43.6 Å². The van der Waals surface area contributed by atoms with Gasteiger partial charge in [0.1, 0.15) is 0 Å². The molecule has 4 nitrogen and oxygen atoms in total. The summed E-state index contributed by atoms with van der Waals surface area (Å²) in [6.07, 6.45) is 0. The van der Waals surface area contributed by atoms with Crippen molar-refractivity contribution < 1.29 is 0 Å². The van der Waals surface area contributed by atoms with Gasteiger partial charge in [0, 0.05) is 53.2 Å². The third-order valence-electron chi connectivity index (χ3n) is 10.7. The van der Waals surface area contributed by atoms with Gasteiger partial charge in [0.05, 0.1) is 16.7 Å². The van der Waals surface area contributed by atoms with Gasteiger partial charge in [-0.1, -0.05) is 158 Å². The first-order valence-electron chi connectivity index (χ1n) is 18.8. The normalized spacial score (nSPS) is 11.6. The predicted octanol–water partition coefficient (Wildman–Crippen LogP) is 13.7. The van der Waals surface area contributed by atoms with Crippen LogP contribution in [0.2, 0.25) is 0 Å². The Morgan fingerprint density at radius 3 is 1.52 bits per heavy atom. The molecular weight excluding hydrogens is 701 g/mol. The maximum absolute atomic E-state index is 5.07. The van der Waals surface area contributed by atoms with Crippen LogP contribution in [0.25, 0.3) is 104 Å². The molecule has 262 valence electrons. The number of aromatic nitrogens is 4. The van der Waals surface area contributed by atoms with Crippen LogP contribution in [-0.2, 0) is 0 Å². The molecule has 11 rings (SSSR count). The van der Waals surface area contributed by atoms with E-state index in [0.717, 1.165) is 22.3 Å². The number of benzene rings is 8. The summed E-state index contributed by atoms with van der Waals surface area (Å²) in [6.45, 7) is 0. The first-order chi connectivity index (χ1) is 27.7. The fourth-order valence-electron chi connectivity index (χ4n) is 7.97. The van der Waals surface area contributed by atoms with Gasteiger partial charge < -0.3 is 4.57 Å². The molecule has 0 N–H and O–H groups in total. The molecule has 56 heavy (non-hydrogen) atoms. The van der Waals surface area contributed by atoms with Gasteiger partial charge in [-0.2, -0.15) is 0 Å². The van der Waals surface area contributed by atoms with Crippen LogP contribution < -0.4 is 0 Å². The predicted molar refractivity (Wildman–Crippen MR) is 234 cm³/mol. The van der Waals surface area contributed by atoms with Crippen LogP contribution in [0.1, 0.15) is 0 Å². The quantitative estimate of drug-likeness (QED) is 0.171. The lowest BCUT2D eigenvalue weighted by molar-refractivity contribution is 1.07. The zero-order chi connectivity index (χ0) is 37.0. The molecule has 3 aromatic heterocycles. The van der Waals surface area contributed by atoms with E-state index in [0.29, 0.717) is 17.5 Å². The van der Waals surface area contributed by atoms with Gasteiger partial charge in [0.25, 0.3) is 0 Å². The van der Waals surface area contributed by atoms with Gasteiger partial charge in [-0.15, -0.1) is 11.3 Å². The van der Waals surface area contributed by atoms with Crippen molar-refractivity contribution in [1.29, 1.82) is 0 Å². The molecule has 0 bridgehead atoms. The van der Waals surface area contributed by atoms with Gasteiger partial charge in [-0.3, -0.25) is 0 Å². The molecule has 0 saturated heterocycles. The van der Waals surface area contributed by atoms with E-state index < -0.39 is 0 Å². The molecule has 11 aromatic rings. The number of para-hydroxylation sites is 3. The molecule has 8 aromatic carbocycles. The van der Waals surface area contributed by atoms with E-state index in [1.165, 1.54) is 64.4 Å². The van der Waals surface area contributed by atoms with Crippen LogP contribution in [0.5, 0.6) is 0 Å². The molecular formula is C51H32N4S. The van der Waals surface area contributed by atoms with Crippen molar-refractivity contribution in [1.82, 2.24) is 19.5 Å². The zero-order valence-electron chi connectivity index (χ0n) is 30.2.